The predicted molar refractivity (Wildman–Crippen MR) is 273 cm³/mol. The number of aliphatic hydroxyl groups excluding tert-OH is 2. The Morgan fingerprint density at radius 3 is 1.46 bits per heavy atom. The zero-order valence-electron chi connectivity index (χ0n) is 41.2. The van der Waals surface area contributed by atoms with Gasteiger partial charge in [-0.15, -0.1) is 0 Å². The standard InChI is InChI=1S/C57H99NO5/c1-4-7-10-13-16-19-22-25-27-28-29-32-35-38-41-44-47-50-57(62)63-53(48-45-42-39-36-33-30-24-21-18-15-12-9-6-3)51-56(61)58-54(52-59)55(60)49-46-43-40-37-34-31-26-23-20-17-14-11-8-5-2/h9,12,15-16,18-19,21,24-25,27,29,32,38,41,53-55,59-60H,4-8,10-11,13-14,17,20,22-23,26,28,30-31,33-37,39-40,42-52H2,1-3H3,(H,58,61)/b12-9+,18-15+,19-16-,24-21+,27-25-,32-29-,41-38-. The summed E-state index contributed by atoms with van der Waals surface area (Å²) >= 11 is 0. The Labute approximate surface area is 389 Å². The molecule has 362 valence electrons. The van der Waals surface area contributed by atoms with Crippen molar-refractivity contribution in [3.63, 3.8) is 0 Å². The molecule has 0 saturated heterocycles. The van der Waals surface area contributed by atoms with Crippen LogP contribution >= 0.6 is 0 Å². The number of unbranched alkanes of at least 4 members (excludes halogenated alkanes) is 22. The van der Waals surface area contributed by atoms with Crippen LogP contribution in [0.2, 0.25) is 0 Å². The van der Waals surface area contributed by atoms with Gasteiger partial charge in [0.2, 0.25) is 5.91 Å². The molecule has 0 aromatic rings. The van der Waals surface area contributed by atoms with E-state index in [9.17, 15) is 19.8 Å². The quantitative estimate of drug-likeness (QED) is 0.0245. The van der Waals surface area contributed by atoms with Gasteiger partial charge in [0.25, 0.3) is 0 Å². The van der Waals surface area contributed by atoms with Crippen LogP contribution < -0.4 is 5.32 Å². The van der Waals surface area contributed by atoms with Gasteiger partial charge >= 0.3 is 5.97 Å². The monoisotopic (exact) mass is 878 g/mol. The highest BCUT2D eigenvalue weighted by molar-refractivity contribution is 5.77. The normalized spacial score (nSPS) is 13.9. The van der Waals surface area contributed by atoms with Gasteiger partial charge in [0.15, 0.2) is 0 Å². The summed E-state index contributed by atoms with van der Waals surface area (Å²) in [6, 6.07) is -0.724. The Morgan fingerprint density at radius 2 is 0.921 bits per heavy atom. The molecular formula is C57H99NO5. The van der Waals surface area contributed by atoms with Crippen LogP contribution in [0, 0.1) is 0 Å². The van der Waals surface area contributed by atoms with Crippen molar-refractivity contribution in [2.75, 3.05) is 6.61 Å². The Balaban J connectivity index is 4.68. The lowest BCUT2D eigenvalue weighted by atomic mass is 10.0. The van der Waals surface area contributed by atoms with Gasteiger partial charge in [-0.25, -0.2) is 0 Å². The third-order valence-corrected chi connectivity index (χ3v) is 11.5. The maximum Gasteiger partial charge on any atom is 0.306 e. The minimum Gasteiger partial charge on any atom is -0.462 e. The zero-order chi connectivity index (χ0) is 45.9. The molecule has 0 radical (unpaired) electrons. The molecule has 1 amide bonds. The van der Waals surface area contributed by atoms with E-state index in [4.69, 9.17) is 4.74 Å². The van der Waals surface area contributed by atoms with Gasteiger partial charge in [0.1, 0.15) is 6.10 Å². The molecule has 0 aliphatic heterocycles. The fraction of sp³-hybridized carbons (Fsp3) is 0.719. The molecule has 0 aliphatic rings. The molecule has 6 nitrogen and oxygen atoms in total. The van der Waals surface area contributed by atoms with Crippen LogP contribution in [0.5, 0.6) is 0 Å². The van der Waals surface area contributed by atoms with Crippen molar-refractivity contribution in [3.05, 3.63) is 85.1 Å². The van der Waals surface area contributed by atoms with E-state index in [0.29, 0.717) is 25.7 Å². The van der Waals surface area contributed by atoms with Gasteiger partial charge in [0, 0.05) is 6.42 Å². The predicted octanol–water partition coefficient (Wildman–Crippen LogP) is 16.0. The van der Waals surface area contributed by atoms with Crippen molar-refractivity contribution in [1.82, 2.24) is 5.32 Å². The van der Waals surface area contributed by atoms with E-state index in [-0.39, 0.29) is 24.9 Å². The number of hydrogen-bond acceptors (Lipinski definition) is 5. The van der Waals surface area contributed by atoms with Crippen LogP contribution in [0.1, 0.15) is 239 Å². The Morgan fingerprint density at radius 1 is 0.492 bits per heavy atom. The molecule has 0 bridgehead atoms. The Kier molecular flexibility index (Phi) is 47.7. The van der Waals surface area contributed by atoms with Gasteiger partial charge in [-0.1, -0.05) is 228 Å². The average Bonchev–Trinajstić information content (AvgIpc) is 3.28. The summed E-state index contributed by atoms with van der Waals surface area (Å²) in [4.78, 5) is 26.1. The minimum absolute atomic E-state index is 0.0384. The van der Waals surface area contributed by atoms with E-state index in [1.165, 1.54) is 96.3 Å². The SMILES string of the molecule is CC/C=C/C=C/C=C/CCCCCCCC(CC(=O)NC(CO)C(O)CCCCCCCCCCCCCCCC)OC(=O)CCC/C=C\C/C=C\C/C=C\C/C=C\CCCCC. The number of rotatable bonds is 46. The third kappa shape index (κ3) is 45.4. The van der Waals surface area contributed by atoms with Gasteiger partial charge in [-0.05, 0) is 83.5 Å². The number of nitrogens with one attached hydrogen (secondary N) is 1. The maximum atomic E-state index is 13.2. The smallest absolute Gasteiger partial charge is 0.306 e. The number of amides is 1. The first-order valence-electron chi connectivity index (χ1n) is 26.3. The molecule has 0 spiro atoms. The van der Waals surface area contributed by atoms with Crippen molar-refractivity contribution in [3.8, 4) is 0 Å². The second-order valence-corrected chi connectivity index (χ2v) is 17.6. The number of aliphatic hydroxyl groups is 2. The molecule has 6 heteroatoms. The fourth-order valence-electron chi connectivity index (χ4n) is 7.54. The van der Waals surface area contributed by atoms with Gasteiger partial charge in [-0.3, -0.25) is 9.59 Å². The van der Waals surface area contributed by atoms with Gasteiger partial charge < -0.3 is 20.3 Å². The Bertz CT molecular complexity index is 1210. The second kappa shape index (κ2) is 50.0. The highest BCUT2D eigenvalue weighted by Gasteiger charge is 2.24. The number of carbonyl (C=O) groups is 2. The van der Waals surface area contributed by atoms with Crippen molar-refractivity contribution in [2.45, 2.75) is 257 Å². The average molecular weight is 878 g/mol. The number of hydrogen-bond donors (Lipinski definition) is 3. The van der Waals surface area contributed by atoms with E-state index >= 15 is 0 Å². The number of allylic oxidation sites excluding steroid dienone is 14. The molecule has 0 aromatic carbocycles. The summed E-state index contributed by atoms with van der Waals surface area (Å²) in [7, 11) is 0. The highest BCUT2D eigenvalue weighted by atomic mass is 16.5. The summed E-state index contributed by atoms with van der Waals surface area (Å²) in [5.74, 6) is -0.565. The van der Waals surface area contributed by atoms with Crippen molar-refractivity contribution < 1.29 is 24.5 Å². The summed E-state index contributed by atoms with van der Waals surface area (Å²) in [6.45, 7) is 6.31. The van der Waals surface area contributed by atoms with Gasteiger partial charge in [0.05, 0.1) is 25.2 Å². The number of esters is 1. The van der Waals surface area contributed by atoms with Crippen molar-refractivity contribution >= 4 is 11.9 Å². The van der Waals surface area contributed by atoms with E-state index in [2.05, 4.69) is 111 Å². The van der Waals surface area contributed by atoms with Crippen LogP contribution in [0.15, 0.2) is 85.1 Å². The number of carbonyl (C=O) groups excluding carboxylic acids is 2. The van der Waals surface area contributed by atoms with Crippen molar-refractivity contribution in [2.24, 2.45) is 0 Å². The fourth-order valence-corrected chi connectivity index (χ4v) is 7.54. The lowest BCUT2D eigenvalue weighted by Gasteiger charge is -2.24. The third-order valence-electron chi connectivity index (χ3n) is 11.5. The molecule has 3 N–H and O–H groups in total. The van der Waals surface area contributed by atoms with Crippen LogP contribution in [-0.4, -0.2) is 46.9 Å². The Hall–Kier alpha value is -2.96. The lowest BCUT2D eigenvalue weighted by Crippen LogP contribution is -2.46. The molecule has 3 atom stereocenters. The van der Waals surface area contributed by atoms with Gasteiger partial charge in [-0.2, -0.15) is 0 Å². The molecule has 0 saturated carbocycles. The molecule has 63 heavy (non-hydrogen) atoms. The molecule has 0 rings (SSSR count). The number of ether oxygens (including phenoxy) is 1. The van der Waals surface area contributed by atoms with Crippen molar-refractivity contribution in [1.29, 1.82) is 0 Å². The van der Waals surface area contributed by atoms with Crippen LogP contribution in [0.3, 0.4) is 0 Å². The van der Waals surface area contributed by atoms with Crippen LogP contribution in [0.25, 0.3) is 0 Å². The van der Waals surface area contributed by atoms with E-state index in [1.807, 2.05) is 0 Å². The second-order valence-electron chi connectivity index (χ2n) is 17.6. The minimum atomic E-state index is -0.807. The molecular weight excluding hydrogens is 779 g/mol. The molecule has 0 aromatic heterocycles. The molecule has 0 heterocycles. The largest absolute Gasteiger partial charge is 0.462 e. The molecule has 0 fully saturated rings. The topological polar surface area (TPSA) is 95.9 Å². The van der Waals surface area contributed by atoms with E-state index < -0.39 is 18.2 Å². The first kappa shape index (κ1) is 60.0. The summed E-state index contributed by atoms with van der Waals surface area (Å²) in [5, 5.41) is 23.8. The summed E-state index contributed by atoms with van der Waals surface area (Å²) in [6.07, 6.45) is 65.0. The van der Waals surface area contributed by atoms with Crippen LogP contribution in [0.4, 0.5) is 0 Å². The molecule has 0 aliphatic carbocycles. The summed E-state index contributed by atoms with van der Waals surface area (Å²) < 4.78 is 5.90. The van der Waals surface area contributed by atoms with Crippen LogP contribution in [-0.2, 0) is 14.3 Å². The first-order valence-corrected chi connectivity index (χ1v) is 26.3. The zero-order valence-corrected chi connectivity index (χ0v) is 41.2. The molecule has 3 unspecified atom stereocenters. The maximum absolute atomic E-state index is 13.2. The summed E-state index contributed by atoms with van der Waals surface area (Å²) in [5.41, 5.74) is 0. The lowest BCUT2D eigenvalue weighted by molar-refractivity contribution is -0.151. The highest BCUT2D eigenvalue weighted by Crippen LogP contribution is 2.17. The first-order chi connectivity index (χ1) is 31.0. The van der Waals surface area contributed by atoms with E-state index in [0.717, 1.165) is 89.9 Å². The van der Waals surface area contributed by atoms with E-state index in [1.54, 1.807) is 0 Å².